The summed E-state index contributed by atoms with van der Waals surface area (Å²) in [5, 5.41) is 3.41. The third-order valence-corrected chi connectivity index (χ3v) is 3.54. The first-order valence-corrected chi connectivity index (χ1v) is 7.03. The zero-order valence-electron chi connectivity index (χ0n) is 10.9. The first-order valence-electron chi connectivity index (χ1n) is 7.03. The molecule has 0 aromatic rings. The Hall–Kier alpha value is -0.120. The highest BCUT2D eigenvalue weighted by Gasteiger charge is 2.19. The van der Waals surface area contributed by atoms with Crippen molar-refractivity contribution in [2.75, 3.05) is 32.7 Å². The van der Waals surface area contributed by atoms with E-state index in [0.717, 1.165) is 19.6 Å². The van der Waals surface area contributed by atoms with E-state index >= 15 is 0 Å². The smallest absolute Gasteiger partial charge is 0.0343 e. The molecule has 96 valence electrons. The van der Waals surface area contributed by atoms with Crippen molar-refractivity contribution in [2.24, 2.45) is 5.73 Å². The second kappa shape index (κ2) is 8.97. The van der Waals surface area contributed by atoms with Crippen molar-refractivity contribution in [1.82, 2.24) is 10.2 Å². The van der Waals surface area contributed by atoms with Gasteiger partial charge in [0.1, 0.15) is 0 Å². The maximum atomic E-state index is 5.78. The number of hydrogen-bond donors (Lipinski definition) is 2. The van der Waals surface area contributed by atoms with Gasteiger partial charge in [0.15, 0.2) is 0 Å². The summed E-state index contributed by atoms with van der Waals surface area (Å²) in [5.74, 6) is 0. The summed E-state index contributed by atoms with van der Waals surface area (Å²) in [6.07, 6.45) is 8.30. The largest absolute Gasteiger partial charge is 0.329 e. The molecule has 3 nitrogen and oxygen atoms in total. The molecule has 1 fully saturated rings. The number of nitrogens with one attached hydrogen (secondary N) is 1. The van der Waals surface area contributed by atoms with Crippen molar-refractivity contribution in [2.45, 2.75) is 51.5 Å². The van der Waals surface area contributed by atoms with Crippen molar-refractivity contribution >= 4 is 0 Å². The lowest BCUT2D eigenvalue weighted by Crippen LogP contribution is -2.54. The number of rotatable bonds is 8. The lowest BCUT2D eigenvalue weighted by molar-refractivity contribution is 0.162. The van der Waals surface area contributed by atoms with E-state index in [1.165, 1.54) is 51.6 Å². The Balaban J connectivity index is 2.02. The molecule has 1 aliphatic heterocycles. The van der Waals surface area contributed by atoms with Gasteiger partial charge in [0.2, 0.25) is 0 Å². The van der Waals surface area contributed by atoms with Crippen LogP contribution in [0.15, 0.2) is 0 Å². The molecule has 1 unspecified atom stereocenters. The van der Waals surface area contributed by atoms with Crippen molar-refractivity contribution in [3.8, 4) is 0 Å². The number of nitrogens with two attached hydrogens (primary N) is 1. The van der Waals surface area contributed by atoms with Gasteiger partial charge < -0.3 is 11.1 Å². The van der Waals surface area contributed by atoms with Gasteiger partial charge in [-0.3, -0.25) is 4.90 Å². The zero-order valence-corrected chi connectivity index (χ0v) is 10.9. The molecule has 0 amide bonds. The summed E-state index contributed by atoms with van der Waals surface area (Å²) >= 11 is 0. The topological polar surface area (TPSA) is 41.3 Å². The molecule has 0 bridgehead atoms. The van der Waals surface area contributed by atoms with Crippen LogP contribution in [0.1, 0.15) is 45.4 Å². The number of piperazine rings is 1. The lowest BCUT2D eigenvalue weighted by Gasteiger charge is -2.35. The van der Waals surface area contributed by atoms with Gasteiger partial charge in [0, 0.05) is 32.2 Å². The van der Waals surface area contributed by atoms with Crippen LogP contribution in [0, 0.1) is 0 Å². The van der Waals surface area contributed by atoms with E-state index in [9.17, 15) is 0 Å². The molecule has 16 heavy (non-hydrogen) atoms. The normalized spacial score (nSPS) is 22.5. The van der Waals surface area contributed by atoms with E-state index in [4.69, 9.17) is 5.73 Å². The minimum atomic E-state index is 0.574. The molecule has 0 aromatic carbocycles. The summed E-state index contributed by atoms with van der Waals surface area (Å²) in [6, 6.07) is 0.574. The van der Waals surface area contributed by atoms with Gasteiger partial charge in [0.25, 0.3) is 0 Å². The van der Waals surface area contributed by atoms with Gasteiger partial charge >= 0.3 is 0 Å². The minimum absolute atomic E-state index is 0.574. The van der Waals surface area contributed by atoms with E-state index in [-0.39, 0.29) is 0 Å². The Morgan fingerprint density at radius 2 is 1.94 bits per heavy atom. The lowest BCUT2D eigenvalue weighted by atomic mass is 10.1. The molecule has 1 heterocycles. The fraction of sp³-hybridized carbons (Fsp3) is 1.00. The Bertz CT molecular complexity index is 161. The van der Waals surface area contributed by atoms with Crippen LogP contribution in [-0.2, 0) is 0 Å². The second-order valence-electron chi connectivity index (χ2n) is 4.90. The molecule has 0 aromatic heterocycles. The van der Waals surface area contributed by atoms with Crippen LogP contribution < -0.4 is 11.1 Å². The molecule has 3 N–H and O–H groups in total. The maximum Gasteiger partial charge on any atom is 0.0343 e. The molecule has 3 heteroatoms. The van der Waals surface area contributed by atoms with E-state index < -0.39 is 0 Å². The number of nitrogens with zero attached hydrogens (tertiary/aromatic N) is 1. The standard InChI is InChI=1S/C13H29N3/c1-2-3-4-5-6-7-9-16-10-8-15-12-13(16)11-14/h13,15H,2-12,14H2,1H3. The average molecular weight is 227 g/mol. The van der Waals surface area contributed by atoms with Crippen molar-refractivity contribution in [3.05, 3.63) is 0 Å². The molecule has 0 aliphatic carbocycles. The van der Waals surface area contributed by atoms with Crippen molar-refractivity contribution in [3.63, 3.8) is 0 Å². The Labute approximate surface area is 101 Å². The van der Waals surface area contributed by atoms with Gasteiger partial charge in [0.05, 0.1) is 0 Å². The van der Waals surface area contributed by atoms with Crippen LogP contribution in [0.5, 0.6) is 0 Å². The average Bonchev–Trinajstić information content (AvgIpc) is 2.34. The number of hydrogen-bond acceptors (Lipinski definition) is 3. The molecular weight excluding hydrogens is 198 g/mol. The highest BCUT2D eigenvalue weighted by atomic mass is 15.2. The molecule has 0 radical (unpaired) electrons. The molecule has 0 spiro atoms. The first kappa shape index (κ1) is 13.9. The second-order valence-corrected chi connectivity index (χ2v) is 4.90. The zero-order chi connectivity index (χ0) is 11.6. The predicted octanol–water partition coefficient (Wildman–Crippen LogP) is 1.58. The van der Waals surface area contributed by atoms with E-state index in [1.807, 2.05) is 0 Å². The Morgan fingerprint density at radius 1 is 1.19 bits per heavy atom. The highest BCUT2D eigenvalue weighted by Crippen LogP contribution is 2.08. The van der Waals surface area contributed by atoms with Crippen LogP contribution in [0.4, 0.5) is 0 Å². The third kappa shape index (κ3) is 5.28. The molecule has 1 atom stereocenters. The molecule has 1 aliphatic rings. The van der Waals surface area contributed by atoms with E-state index in [2.05, 4.69) is 17.1 Å². The van der Waals surface area contributed by atoms with E-state index in [0.29, 0.717) is 6.04 Å². The minimum Gasteiger partial charge on any atom is -0.329 e. The van der Waals surface area contributed by atoms with E-state index in [1.54, 1.807) is 0 Å². The number of unbranched alkanes of at least 4 members (excludes halogenated alkanes) is 5. The van der Waals surface area contributed by atoms with Crippen LogP contribution in [0.3, 0.4) is 0 Å². The third-order valence-electron chi connectivity index (χ3n) is 3.54. The highest BCUT2D eigenvalue weighted by molar-refractivity contribution is 4.80. The monoisotopic (exact) mass is 227 g/mol. The predicted molar refractivity (Wildman–Crippen MR) is 70.7 cm³/mol. The molecular formula is C13H29N3. The van der Waals surface area contributed by atoms with Gasteiger partial charge in [-0.1, -0.05) is 39.0 Å². The fourth-order valence-electron chi connectivity index (χ4n) is 2.43. The molecule has 0 saturated carbocycles. The summed E-state index contributed by atoms with van der Waals surface area (Å²) in [7, 11) is 0. The quantitative estimate of drug-likeness (QED) is 0.619. The van der Waals surface area contributed by atoms with Crippen molar-refractivity contribution in [1.29, 1.82) is 0 Å². The van der Waals surface area contributed by atoms with Gasteiger partial charge in [-0.2, -0.15) is 0 Å². The Morgan fingerprint density at radius 3 is 2.69 bits per heavy atom. The van der Waals surface area contributed by atoms with Crippen LogP contribution in [-0.4, -0.2) is 43.7 Å². The molecule has 1 rings (SSSR count). The summed E-state index contributed by atoms with van der Waals surface area (Å²) in [4.78, 5) is 2.57. The SMILES string of the molecule is CCCCCCCCN1CCNCC1CN. The van der Waals surface area contributed by atoms with Gasteiger partial charge in [-0.15, -0.1) is 0 Å². The van der Waals surface area contributed by atoms with Crippen LogP contribution in [0.2, 0.25) is 0 Å². The Kier molecular flexibility index (Phi) is 7.81. The first-order chi connectivity index (χ1) is 7.88. The van der Waals surface area contributed by atoms with Crippen LogP contribution >= 0.6 is 0 Å². The maximum absolute atomic E-state index is 5.78. The van der Waals surface area contributed by atoms with Gasteiger partial charge in [-0.05, 0) is 13.0 Å². The fourth-order valence-corrected chi connectivity index (χ4v) is 2.43. The summed E-state index contributed by atoms with van der Waals surface area (Å²) < 4.78 is 0. The summed E-state index contributed by atoms with van der Waals surface area (Å²) in [5.41, 5.74) is 5.78. The van der Waals surface area contributed by atoms with Crippen molar-refractivity contribution < 1.29 is 0 Å². The van der Waals surface area contributed by atoms with Gasteiger partial charge in [-0.25, -0.2) is 0 Å². The summed E-state index contributed by atoms with van der Waals surface area (Å²) in [6.45, 7) is 7.70. The van der Waals surface area contributed by atoms with Crippen LogP contribution in [0.25, 0.3) is 0 Å². The molecule has 1 saturated heterocycles.